The molecule has 0 saturated carbocycles. The predicted molar refractivity (Wildman–Crippen MR) is 135 cm³/mol. The van der Waals surface area contributed by atoms with Crippen LogP contribution < -0.4 is 16.2 Å². The summed E-state index contributed by atoms with van der Waals surface area (Å²) in [5.74, 6) is -0.645. The summed E-state index contributed by atoms with van der Waals surface area (Å²) >= 11 is 6.13. The van der Waals surface area contributed by atoms with Gasteiger partial charge < -0.3 is 10.6 Å². The smallest absolute Gasteiger partial charge is 0.291 e. The molecule has 0 bridgehead atoms. The van der Waals surface area contributed by atoms with Gasteiger partial charge in [0.1, 0.15) is 18.4 Å². The minimum absolute atomic E-state index is 0.240. The Kier molecular flexibility index (Phi) is 7.02. The maximum absolute atomic E-state index is 13.2. The largest absolute Gasteiger partial charge is 0.350 e. The SMILES string of the molecule is Cc1ccc(CNC(=O)c2c(C)c3c(=O)n(CC(=O)NCc4ccccc4Cl)ncn3c2C)cc1. The number of nitrogens with one attached hydrogen (secondary N) is 2. The number of aryl methyl sites for hydroxylation is 3. The third-order valence-electron chi connectivity index (χ3n) is 5.97. The molecule has 0 aliphatic heterocycles. The van der Waals surface area contributed by atoms with E-state index >= 15 is 0 Å². The van der Waals surface area contributed by atoms with Crippen molar-refractivity contribution >= 4 is 28.9 Å². The molecule has 0 spiro atoms. The number of amides is 2. The molecule has 0 radical (unpaired) electrons. The lowest BCUT2D eigenvalue weighted by Crippen LogP contribution is -2.34. The summed E-state index contributed by atoms with van der Waals surface area (Å²) in [4.78, 5) is 38.6. The van der Waals surface area contributed by atoms with Crippen molar-refractivity contribution in [3.8, 4) is 0 Å². The molecule has 2 amide bonds. The number of hydrogen-bond acceptors (Lipinski definition) is 4. The van der Waals surface area contributed by atoms with Crippen molar-refractivity contribution in [1.82, 2.24) is 24.8 Å². The number of aromatic nitrogens is 3. The summed E-state index contributed by atoms with van der Waals surface area (Å²) in [5.41, 5.74) is 4.35. The highest BCUT2D eigenvalue weighted by molar-refractivity contribution is 6.31. The fraction of sp³-hybridized carbons (Fsp3) is 0.231. The summed E-state index contributed by atoms with van der Waals surface area (Å²) < 4.78 is 2.69. The first-order chi connectivity index (χ1) is 16.8. The second-order valence-electron chi connectivity index (χ2n) is 8.43. The Balaban J connectivity index is 1.52. The van der Waals surface area contributed by atoms with Crippen molar-refractivity contribution in [2.24, 2.45) is 0 Å². The van der Waals surface area contributed by atoms with Crippen LogP contribution in [-0.2, 0) is 24.4 Å². The lowest BCUT2D eigenvalue weighted by Gasteiger charge is -2.08. The number of carbonyl (C=O) groups is 2. The highest BCUT2D eigenvalue weighted by Gasteiger charge is 2.22. The Hall–Kier alpha value is -3.91. The number of benzene rings is 2. The second kappa shape index (κ2) is 10.1. The molecule has 35 heavy (non-hydrogen) atoms. The predicted octanol–water partition coefficient (Wildman–Crippen LogP) is 3.32. The standard InChI is InChI=1S/C26H26ClN5O3/c1-16-8-10-19(11-9-16)12-29-25(34)23-17(2)24-26(35)32(30-15-31(24)18(23)3)14-22(33)28-13-20-6-4-5-7-21(20)27/h4-11,15H,12-14H2,1-3H3,(H,28,33)(H,29,34). The molecular weight excluding hydrogens is 466 g/mol. The maximum atomic E-state index is 13.2. The zero-order valence-corrected chi connectivity index (χ0v) is 20.5. The number of halogens is 1. The van der Waals surface area contributed by atoms with Gasteiger partial charge in [0, 0.05) is 23.8 Å². The summed E-state index contributed by atoms with van der Waals surface area (Å²) in [6.07, 6.45) is 1.46. The molecule has 9 heteroatoms. The Bertz CT molecular complexity index is 1470. The van der Waals surface area contributed by atoms with Gasteiger partial charge in [0.25, 0.3) is 11.5 Å². The minimum Gasteiger partial charge on any atom is -0.350 e. The molecule has 0 fully saturated rings. The van der Waals surface area contributed by atoms with Gasteiger partial charge in [-0.1, -0.05) is 59.6 Å². The molecule has 4 aromatic rings. The molecule has 8 nitrogen and oxygen atoms in total. The number of rotatable bonds is 7. The first kappa shape index (κ1) is 24.2. The van der Waals surface area contributed by atoms with E-state index in [4.69, 9.17) is 11.6 Å². The van der Waals surface area contributed by atoms with Crippen molar-refractivity contribution in [1.29, 1.82) is 0 Å². The van der Waals surface area contributed by atoms with E-state index in [1.165, 1.54) is 6.33 Å². The molecular formula is C26H26ClN5O3. The van der Waals surface area contributed by atoms with E-state index in [-0.39, 0.29) is 24.9 Å². The number of fused-ring (bicyclic) bond motifs is 1. The molecule has 180 valence electrons. The van der Waals surface area contributed by atoms with Gasteiger partial charge >= 0.3 is 0 Å². The quantitative estimate of drug-likeness (QED) is 0.414. The van der Waals surface area contributed by atoms with E-state index < -0.39 is 5.56 Å². The molecule has 0 saturated heterocycles. The van der Waals surface area contributed by atoms with Crippen LogP contribution in [0.2, 0.25) is 5.02 Å². The van der Waals surface area contributed by atoms with Gasteiger partial charge in [-0.15, -0.1) is 0 Å². The van der Waals surface area contributed by atoms with Gasteiger partial charge in [-0.25, -0.2) is 4.68 Å². The van der Waals surface area contributed by atoms with Crippen LogP contribution in [0, 0.1) is 20.8 Å². The average molecular weight is 492 g/mol. The molecule has 0 atom stereocenters. The fourth-order valence-corrected chi connectivity index (χ4v) is 4.21. The molecule has 0 aliphatic carbocycles. The van der Waals surface area contributed by atoms with Gasteiger partial charge in [-0.3, -0.25) is 18.8 Å². The van der Waals surface area contributed by atoms with Crippen LogP contribution >= 0.6 is 11.6 Å². The zero-order valence-electron chi connectivity index (χ0n) is 19.8. The second-order valence-corrected chi connectivity index (χ2v) is 8.84. The molecule has 4 rings (SSSR count). The Labute approximate surface area is 207 Å². The maximum Gasteiger partial charge on any atom is 0.291 e. The molecule has 2 N–H and O–H groups in total. The normalized spacial score (nSPS) is 11.0. The summed E-state index contributed by atoms with van der Waals surface area (Å²) in [5, 5.41) is 10.4. The van der Waals surface area contributed by atoms with Crippen LogP contribution in [0.5, 0.6) is 0 Å². The van der Waals surface area contributed by atoms with E-state index in [0.717, 1.165) is 21.4 Å². The summed E-state index contributed by atoms with van der Waals surface area (Å²) in [6.45, 7) is 5.86. The lowest BCUT2D eigenvalue weighted by atomic mass is 10.1. The molecule has 2 aromatic heterocycles. The number of carbonyl (C=O) groups excluding carboxylic acids is 2. The number of hydrogen-bond donors (Lipinski definition) is 2. The molecule has 0 aliphatic rings. The van der Waals surface area contributed by atoms with E-state index in [0.29, 0.717) is 33.9 Å². The molecule has 0 unspecified atom stereocenters. The fourth-order valence-electron chi connectivity index (χ4n) is 4.01. The van der Waals surface area contributed by atoms with E-state index in [1.54, 1.807) is 24.3 Å². The van der Waals surface area contributed by atoms with Gasteiger partial charge in [-0.2, -0.15) is 5.10 Å². The average Bonchev–Trinajstić information content (AvgIpc) is 3.10. The van der Waals surface area contributed by atoms with Crippen LogP contribution in [0.4, 0.5) is 0 Å². The highest BCUT2D eigenvalue weighted by atomic mass is 35.5. The van der Waals surface area contributed by atoms with Gasteiger partial charge in [0.15, 0.2) is 0 Å². The van der Waals surface area contributed by atoms with Crippen LogP contribution in [0.15, 0.2) is 59.7 Å². The number of nitrogens with zero attached hydrogens (tertiary/aromatic N) is 3. The van der Waals surface area contributed by atoms with Crippen LogP contribution in [0.1, 0.15) is 38.3 Å². The first-order valence-corrected chi connectivity index (χ1v) is 11.5. The highest BCUT2D eigenvalue weighted by Crippen LogP contribution is 2.20. The monoisotopic (exact) mass is 491 g/mol. The topological polar surface area (TPSA) is 97.5 Å². The van der Waals surface area contributed by atoms with Crippen molar-refractivity contribution in [3.63, 3.8) is 0 Å². The van der Waals surface area contributed by atoms with E-state index in [1.807, 2.05) is 49.4 Å². The van der Waals surface area contributed by atoms with Crippen molar-refractivity contribution < 1.29 is 9.59 Å². The van der Waals surface area contributed by atoms with Crippen LogP contribution in [0.3, 0.4) is 0 Å². The van der Waals surface area contributed by atoms with Crippen molar-refractivity contribution in [3.05, 3.63) is 104 Å². The zero-order chi connectivity index (χ0) is 25.1. The first-order valence-electron chi connectivity index (χ1n) is 11.2. The van der Waals surface area contributed by atoms with Crippen LogP contribution in [-0.4, -0.2) is 26.0 Å². The van der Waals surface area contributed by atoms with Gasteiger partial charge in [0.2, 0.25) is 5.91 Å². The third kappa shape index (κ3) is 5.12. The van der Waals surface area contributed by atoms with Crippen molar-refractivity contribution in [2.75, 3.05) is 0 Å². The van der Waals surface area contributed by atoms with Gasteiger partial charge in [-0.05, 0) is 43.5 Å². The molecule has 2 aromatic carbocycles. The van der Waals surface area contributed by atoms with Crippen molar-refractivity contribution in [2.45, 2.75) is 40.4 Å². The Morgan fingerprint density at radius 2 is 1.69 bits per heavy atom. The molecule has 2 heterocycles. The van der Waals surface area contributed by atoms with E-state index in [2.05, 4.69) is 15.7 Å². The summed E-state index contributed by atoms with van der Waals surface area (Å²) in [7, 11) is 0. The van der Waals surface area contributed by atoms with Crippen LogP contribution in [0.25, 0.3) is 5.52 Å². The Morgan fingerprint density at radius 3 is 2.40 bits per heavy atom. The van der Waals surface area contributed by atoms with Gasteiger partial charge in [0.05, 0.1) is 5.56 Å². The van der Waals surface area contributed by atoms with E-state index in [9.17, 15) is 14.4 Å². The lowest BCUT2D eigenvalue weighted by molar-refractivity contribution is -0.122. The minimum atomic E-state index is -0.446. The summed E-state index contributed by atoms with van der Waals surface area (Å²) in [6, 6.07) is 15.1. The third-order valence-corrected chi connectivity index (χ3v) is 6.33. The Morgan fingerprint density at radius 1 is 0.971 bits per heavy atom.